The van der Waals surface area contributed by atoms with E-state index >= 15 is 0 Å². The van der Waals surface area contributed by atoms with Crippen LogP contribution in [0.5, 0.6) is 23.0 Å². The van der Waals surface area contributed by atoms with E-state index in [4.69, 9.17) is 18.9 Å². The van der Waals surface area contributed by atoms with Crippen LogP contribution in [0, 0.1) is 5.92 Å². The molecule has 218 valence electrons. The van der Waals surface area contributed by atoms with Gasteiger partial charge in [-0.25, -0.2) is 9.59 Å². The Bertz CT molecular complexity index is 1210. The zero-order valence-electron chi connectivity index (χ0n) is 23.6. The van der Waals surface area contributed by atoms with Gasteiger partial charge in [-0.3, -0.25) is 0 Å². The van der Waals surface area contributed by atoms with E-state index in [0.717, 1.165) is 24.2 Å². The fourth-order valence-corrected chi connectivity index (χ4v) is 4.93. The Labute approximate surface area is 241 Å². The molecule has 1 amide bonds. The van der Waals surface area contributed by atoms with Gasteiger partial charge in [0.25, 0.3) is 0 Å². The molecule has 0 heterocycles. The van der Waals surface area contributed by atoms with Gasteiger partial charge >= 0.3 is 12.1 Å². The number of carboxylic acids is 1. The maximum atomic E-state index is 13.2. The number of benzene rings is 3. The second kappa shape index (κ2) is 15.7. The van der Waals surface area contributed by atoms with Crippen LogP contribution in [0.1, 0.15) is 44.6 Å². The average Bonchev–Trinajstić information content (AvgIpc) is 2.99. The van der Waals surface area contributed by atoms with Crippen LogP contribution in [0.4, 0.5) is 4.79 Å². The van der Waals surface area contributed by atoms with Crippen molar-refractivity contribution in [2.24, 2.45) is 5.92 Å². The summed E-state index contributed by atoms with van der Waals surface area (Å²) in [5.74, 6) is 1.97. The molecule has 1 aliphatic rings. The fourth-order valence-electron chi connectivity index (χ4n) is 4.93. The lowest BCUT2D eigenvalue weighted by Gasteiger charge is -2.29. The van der Waals surface area contributed by atoms with Crippen molar-refractivity contribution < 1.29 is 33.6 Å². The molecule has 0 aromatic heterocycles. The minimum Gasteiger partial charge on any atom is -0.492 e. The van der Waals surface area contributed by atoms with Crippen LogP contribution in [0.2, 0.25) is 0 Å². The third-order valence-corrected chi connectivity index (χ3v) is 7.09. The molecule has 8 nitrogen and oxygen atoms in total. The smallest absolute Gasteiger partial charge is 0.415 e. The largest absolute Gasteiger partial charge is 0.492 e. The Morgan fingerprint density at radius 3 is 2.15 bits per heavy atom. The molecular formula is C33H39NO7. The minimum absolute atomic E-state index is 0.282. The number of hydrogen-bond donors (Lipinski definition) is 1. The summed E-state index contributed by atoms with van der Waals surface area (Å²) in [5.41, 5.74) is 0.848. The second-order valence-corrected chi connectivity index (χ2v) is 10.2. The monoisotopic (exact) mass is 561 g/mol. The molecular weight excluding hydrogens is 522 g/mol. The van der Waals surface area contributed by atoms with Gasteiger partial charge in [0.05, 0.1) is 6.54 Å². The molecule has 0 spiro atoms. The molecule has 3 aromatic carbocycles. The normalized spacial score (nSPS) is 14.2. The van der Waals surface area contributed by atoms with Crippen molar-refractivity contribution in [1.29, 1.82) is 0 Å². The number of amides is 1. The molecule has 1 aliphatic carbocycles. The fraction of sp³-hybridized carbons (Fsp3) is 0.394. The van der Waals surface area contributed by atoms with Gasteiger partial charge in [-0.05, 0) is 79.8 Å². The molecule has 0 aliphatic heterocycles. The predicted molar refractivity (Wildman–Crippen MR) is 156 cm³/mol. The standard InChI is InChI=1S/C33H39NO7/c1-2-38-31(32(35)36)23-25-13-15-27(16-14-25)39-22-21-34(24-26-9-5-3-6-10-26)33(37)41-30-19-17-29(18-20-30)40-28-11-7-4-8-12-28/h4,7-8,11-20,26,31H,2-3,5-6,9-10,21-24H2,1H3,(H,35,36). The van der Waals surface area contributed by atoms with Crippen LogP contribution in [-0.2, 0) is 16.0 Å². The minimum atomic E-state index is -0.978. The van der Waals surface area contributed by atoms with Crippen LogP contribution in [0.3, 0.4) is 0 Å². The summed E-state index contributed by atoms with van der Waals surface area (Å²) in [4.78, 5) is 26.3. The van der Waals surface area contributed by atoms with Crippen LogP contribution >= 0.6 is 0 Å². The zero-order chi connectivity index (χ0) is 28.9. The van der Waals surface area contributed by atoms with Crippen molar-refractivity contribution in [2.45, 2.75) is 51.6 Å². The number of nitrogens with zero attached hydrogens (tertiary/aromatic N) is 1. The molecule has 0 bridgehead atoms. The molecule has 1 unspecified atom stereocenters. The van der Waals surface area contributed by atoms with Crippen LogP contribution in [0.25, 0.3) is 0 Å². The first-order valence-electron chi connectivity index (χ1n) is 14.4. The van der Waals surface area contributed by atoms with E-state index in [-0.39, 0.29) is 6.42 Å². The van der Waals surface area contributed by atoms with E-state index in [1.54, 1.807) is 36.1 Å². The first-order chi connectivity index (χ1) is 20.0. The number of ether oxygens (including phenoxy) is 4. The zero-order valence-corrected chi connectivity index (χ0v) is 23.6. The van der Waals surface area contributed by atoms with Gasteiger partial charge in [0.15, 0.2) is 6.10 Å². The van der Waals surface area contributed by atoms with Crippen molar-refractivity contribution in [2.75, 3.05) is 26.3 Å². The molecule has 1 saturated carbocycles. The van der Waals surface area contributed by atoms with Gasteiger partial charge in [0.1, 0.15) is 29.6 Å². The van der Waals surface area contributed by atoms with Crippen LogP contribution < -0.4 is 14.2 Å². The van der Waals surface area contributed by atoms with Crippen molar-refractivity contribution in [3.05, 3.63) is 84.4 Å². The molecule has 8 heteroatoms. The molecule has 1 N–H and O–H groups in total. The maximum Gasteiger partial charge on any atom is 0.415 e. The molecule has 1 atom stereocenters. The number of carbonyl (C=O) groups is 2. The van der Waals surface area contributed by atoms with E-state index < -0.39 is 18.2 Å². The number of para-hydroxylation sites is 1. The lowest BCUT2D eigenvalue weighted by atomic mass is 9.89. The Morgan fingerprint density at radius 2 is 1.49 bits per heavy atom. The quantitative estimate of drug-likeness (QED) is 0.227. The van der Waals surface area contributed by atoms with E-state index in [1.807, 2.05) is 54.6 Å². The Morgan fingerprint density at radius 1 is 0.854 bits per heavy atom. The summed E-state index contributed by atoms with van der Waals surface area (Å²) in [6.45, 7) is 3.44. The maximum absolute atomic E-state index is 13.2. The Balaban J connectivity index is 1.32. The van der Waals surface area contributed by atoms with Crippen LogP contribution in [-0.4, -0.2) is 54.5 Å². The highest BCUT2D eigenvalue weighted by atomic mass is 16.6. The van der Waals surface area contributed by atoms with Gasteiger partial charge in [0, 0.05) is 19.6 Å². The summed E-state index contributed by atoms with van der Waals surface area (Å²) in [6.07, 6.45) is 4.84. The van der Waals surface area contributed by atoms with Gasteiger partial charge in [-0.15, -0.1) is 0 Å². The van der Waals surface area contributed by atoms with Crippen molar-refractivity contribution >= 4 is 12.1 Å². The molecule has 0 saturated heterocycles. The third-order valence-electron chi connectivity index (χ3n) is 7.09. The summed E-state index contributed by atoms with van der Waals surface area (Å²) < 4.78 is 22.8. The highest BCUT2D eigenvalue weighted by Gasteiger charge is 2.23. The first-order valence-corrected chi connectivity index (χ1v) is 14.4. The summed E-state index contributed by atoms with van der Waals surface area (Å²) >= 11 is 0. The van der Waals surface area contributed by atoms with E-state index in [9.17, 15) is 14.7 Å². The van der Waals surface area contributed by atoms with Gasteiger partial charge in [-0.1, -0.05) is 49.6 Å². The predicted octanol–water partition coefficient (Wildman–Crippen LogP) is 6.97. The topological polar surface area (TPSA) is 94.5 Å². The second-order valence-electron chi connectivity index (χ2n) is 10.2. The number of carboxylic acid groups (broad SMARTS) is 1. The van der Waals surface area contributed by atoms with E-state index in [1.165, 1.54) is 19.3 Å². The number of rotatable bonds is 14. The van der Waals surface area contributed by atoms with Gasteiger partial charge in [0.2, 0.25) is 0 Å². The Kier molecular flexibility index (Phi) is 11.4. The average molecular weight is 562 g/mol. The summed E-state index contributed by atoms with van der Waals surface area (Å²) in [7, 11) is 0. The van der Waals surface area contributed by atoms with Crippen molar-refractivity contribution in [3.8, 4) is 23.0 Å². The SMILES string of the molecule is CCOC(Cc1ccc(OCCN(CC2CCCCC2)C(=O)Oc2ccc(Oc3ccccc3)cc2)cc1)C(=O)O. The van der Waals surface area contributed by atoms with Gasteiger partial charge in [-0.2, -0.15) is 0 Å². The Hall–Kier alpha value is -4.04. The number of aliphatic carboxylic acids is 1. The molecule has 4 rings (SSSR count). The molecule has 3 aromatic rings. The van der Waals surface area contributed by atoms with Crippen LogP contribution in [0.15, 0.2) is 78.9 Å². The number of carbonyl (C=O) groups excluding carboxylic acids is 1. The lowest BCUT2D eigenvalue weighted by molar-refractivity contribution is -0.149. The first kappa shape index (κ1) is 29.9. The summed E-state index contributed by atoms with van der Waals surface area (Å²) in [6, 6.07) is 23.8. The lowest BCUT2D eigenvalue weighted by Crippen LogP contribution is -2.40. The summed E-state index contributed by atoms with van der Waals surface area (Å²) in [5, 5.41) is 9.31. The third kappa shape index (κ3) is 9.83. The van der Waals surface area contributed by atoms with E-state index in [0.29, 0.717) is 49.5 Å². The van der Waals surface area contributed by atoms with Crippen molar-refractivity contribution in [3.63, 3.8) is 0 Å². The van der Waals surface area contributed by atoms with E-state index in [2.05, 4.69) is 0 Å². The van der Waals surface area contributed by atoms with Gasteiger partial charge < -0.3 is 29.0 Å². The molecule has 1 fully saturated rings. The highest BCUT2D eigenvalue weighted by Crippen LogP contribution is 2.26. The van der Waals surface area contributed by atoms with Crippen molar-refractivity contribution in [1.82, 2.24) is 4.90 Å². The molecule has 0 radical (unpaired) electrons. The molecule has 41 heavy (non-hydrogen) atoms. The number of hydrogen-bond acceptors (Lipinski definition) is 6. The highest BCUT2D eigenvalue weighted by molar-refractivity contribution is 5.72.